The Hall–Kier alpha value is -4.60. The monoisotopic (exact) mass is 447 g/mol. The quantitative estimate of drug-likeness (QED) is 0.359. The van der Waals surface area contributed by atoms with Crippen LogP contribution in [0.4, 0.5) is 5.69 Å². The van der Waals surface area contributed by atoms with E-state index in [1.807, 2.05) is 24.3 Å². The van der Waals surface area contributed by atoms with Crippen molar-refractivity contribution in [3.05, 3.63) is 78.5 Å². The summed E-state index contributed by atoms with van der Waals surface area (Å²) in [5.41, 5.74) is 1.34. The highest BCUT2D eigenvalue weighted by molar-refractivity contribution is 6.02. The van der Waals surface area contributed by atoms with Crippen LogP contribution in [0.1, 0.15) is 16.4 Å². The van der Waals surface area contributed by atoms with E-state index in [2.05, 4.69) is 25.8 Å². The third-order valence-corrected chi connectivity index (χ3v) is 4.54. The van der Waals surface area contributed by atoms with E-state index in [1.165, 1.54) is 6.26 Å². The summed E-state index contributed by atoms with van der Waals surface area (Å²) in [6, 6.07) is 17.3. The predicted octanol–water partition coefficient (Wildman–Crippen LogP) is 3.02. The van der Waals surface area contributed by atoms with Crippen molar-refractivity contribution in [2.75, 3.05) is 19.0 Å². The number of anilines is 1. The van der Waals surface area contributed by atoms with Crippen LogP contribution in [0, 0.1) is 0 Å². The van der Waals surface area contributed by atoms with E-state index in [-0.39, 0.29) is 30.7 Å². The Morgan fingerprint density at radius 3 is 2.67 bits per heavy atom. The van der Waals surface area contributed by atoms with Gasteiger partial charge in [0.1, 0.15) is 17.3 Å². The van der Waals surface area contributed by atoms with Gasteiger partial charge in [-0.15, -0.1) is 0 Å². The molecule has 2 aromatic heterocycles. The van der Waals surface area contributed by atoms with Gasteiger partial charge in [0.05, 0.1) is 19.9 Å². The molecule has 0 saturated heterocycles. The molecule has 4 rings (SSSR count). The van der Waals surface area contributed by atoms with Gasteiger partial charge in [-0.05, 0) is 48.5 Å². The highest BCUT2D eigenvalue weighted by atomic mass is 16.5. The summed E-state index contributed by atoms with van der Waals surface area (Å²) in [4.78, 5) is 28.6. The van der Waals surface area contributed by atoms with Crippen LogP contribution in [0.15, 0.2) is 71.3 Å². The SMILES string of the molecule is COc1ccc(-c2n[nH]c(CNC(=O)COc3cccc(NC(=O)c4ccco4)c3)n2)cc1. The van der Waals surface area contributed by atoms with E-state index in [1.54, 1.807) is 43.5 Å². The van der Waals surface area contributed by atoms with Gasteiger partial charge in [0.15, 0.2) is 18.2 Å². The van der Waals surface area contributed by atoms with Crippen LogP contribution in [0.3, 0.4) is 0 Å². The molecule has 3 N–H and O–H groups in total. The molecule has 2 amide bonds. The van der Waals surface area contributed by atoms with Gasteiger partial charge >= 0.3 is 0 Å². The van der Waals surface area contributed by atoms with E-state index in [9.17, 15) is 9.59 Å². The van der Waals surface area contributed by atoms with Crippen molar-refractivity contribution >= 4 is 17.5 Å². The maximum absolute atomic E-state index is 12.2. The number of nitrogens with zero attached hydrogens (tertiary/aromatic N) is 2. The van der Waals surface area contributed by atoms with Crippen molar-refractivity contribution < 1.29 is 23.5 Å². The molecule has 0 spiro atoms. The molecular formula is C23H21N5O5. The molecule has 0 saturated carbocycles. The first-order chi connectivity index (χ1) is 16.1. The number of carbonyl (C=O) groups excluding carboxylic acids is 2. The zero-order valence-electron chi connectivity index (χ0n) is 17.7. The minimum atomic E-state index is -0.379. The Kier molecular flexibility index (Phi) is 6.64. The Bertz CT molecular complexity index is 1220. The summed E-state index contributed by atoms with van der Waals surface area (Å²) in [6.45, 7) is -0.0281. The number of rotatable bonds is 9. The topological polar surface area (TPSA) is 131 Å². The fourth-order valence-electron chi connectivity index (χ4n) is 2.89. The number of amides is 2. The lowest BCUT2D eigenvalue weighted by Crippen LogP contribution is -2.28. The molecule has 0 radical (unpaired) electrons. The van der Waals surface area contributed by atoms with Crippen LogP contribution in [0.2, 0.25) is 0 Å². The molecule has 0 atom stereocenters. The van der Waals surface area contributed by atoms with Crippen LogP contribution in [0.25, 0.3) is 11.4 Å². The van der Waals surface area contributed by atoms with E-state index in [4.69, 9.17) is 13.9 Å². The first-order valence-electron chi connectivity index (χ1n) is 10.0. The second kappa shape index (κ2) is 10.1. The zero-order chi connectivity index (χ0) is 23.0. The third-order valence-electron chi connectivity index (χ3n) is 4.54. The molecule has 168 valence electrons. The average Bonchev–Trinajstić information content (AvgIpc) is 3.54. The molecule has 0 unspecified atom stereocenters. The molecule has 10 heteroatoms. The Balaban J connectivity index is 1.25. The van der Waals surface area contributed by atoms with E-state index < -0.39 is 0 Å². The van der Waals surface area contributed by atoms with Crippen LogP contribution >= 0.6 is 0 Å². The van der Waals surface area contributed by atoms with Gasteiger partial charge in [-0.2, -0.15) is 5.10 Å². The van der Waals surface area contributed by atoms with Crippen LogP contribution in [-0.2, 0) is 11.3 Å². The van der Waals surface area contributed by atoms with E-state index in [0.29, 0.717) is 23.1 Å². The normalized spacial score (nSPS) is 10.5. The van der Waals surface area contributed by atoms with Crippen molar-refractivity contribution in [1.82, 2.24) is 20.5 Å². The largest absolute Gasteiger partial charge is 0.497 e. The first-order valence-corrected chi connectivity index (χ1v) is 10.0. The minimum Gasteiger partial charge on any atom is -0.497 e. The molecule has 2 aromatic carbocycles. The lowest BCUT2D eigenvalue weighted by molar-refractivity contribution is -0.123. The first kappa shape index (κ1) is 21.6. The number of carbonyl (C=O) groups is 2. The third kappa shape index (κ3) is 5.76. The Morgan fingerprint density at radius 1 is 1.06 bits per heavy atom. The number of methoxy groups -OCH3 is 1. The number of H-pyrrole nitrogens is 1. The predicted molar refractivity (Wildman–Crippen MR) is 119 cm³/mol. The lowest BCUT2D eigenvalue weighted by atomic mass is 10.2. The van der Waals surface area contributed by atoms with E-state index in [0.717, 1.165) is 11.3 Å². The number of nitrogens with one attached hydrogen (secondary N) is 3. The fraction of sp³-hybridized carbons (Fsp3) is 0.130. The Labute approximate surface area is 188 Å². The van der Waals surface area contributed by atoms with Crippen molar-refractivity contribution in [3.8, 4) is 22.9 Å². The molecule has 2 heterocycles. The zero-order valence-corrected chi connectivity index (χ0v) is 17.7. The molecule has 0 aliphatic rings. The van der Waals surface area contributed by atoms with Crippen molar-refractivity contribution in [1.29, 1.82) is 0 Å². The second-order valence-corrected chi connectivity index (χ2v) is 6.86. The smallest absolute Gasteiger partial charge is 0.291 e. The summed E-state index contributed by atoms with van der Waals surface area (Å²) in [6.07, 6.45) is 1.42. The van der Waals surface area contributed by atoms with Gasteiger partial charge in [-0.1, -0.05) is 6.07 Å². The summed E-state index contributed by atoms with van der Waals surface area (Å²) in [5, 5.41) is 12.4. The Morgan fingerprint density at radius 2 is 1.91 bits per heavy atom. The minimum absolute atomic E-state index is 0.171. The number of furan rings is 1. The second-order valence-electron chi connectivity index (χ2n) is 6.86. The van der Waals surface area contributed by atoms with Crippen LogP contribution < -0.4 is 20.1 Å². The molecule has 10 nitrogen and oxygen atoms in total. The highest BCUT2D eigenvalue weighted by Crippen LogP contribution is 2.19. The number of ether oxygens (including phenoxy) is 2. The van der Waals surface area contributed by atoms with Crippen molar-refractivity contribution in [2.24, 2.45) is 0 Å². The summed E-state index contributed by atoms with van der Waals surface area (Å²) >= 11 is 0. The van der Waals surface area contributed by atoms with Crippen LogP contribution in [0.5, 0.6) is 11.5 Å². The average molecular weight is 447 g/mol. The molecule has 0 aliphatic heterocycles. The number of hydrogen-bond acceptors (Lipinski definition) is 7. The maximum atomic E-state index is 12.2. The van der Waals surface area contributed by atoms with Gasteiger partial charge in [0.25, 0.3) is 11.8 Å². The summed E-state index contributed by atoms with van der Waals surface area (Å²) in [5.74, 6) is 1.70. The number of aromatic nitrogens is 3. The maximum Gasteiger partial charge on any atom is 0.291 e. The van der Waals surface area contributed by atoms with E-state index >= 15 is 0 Å². The lowest BCUT2D eigenvalue weighted by Gasteiger charge is -2.09. The molecule has 0 fully saturated rings. The number of benzene rings is 2. The molecular weight excluding hydrogens is 426 g/mol. The summed E-state index contributed by atoms with van der Waals surface area (Å²) in [7, 11) is 1.60. The molecule has 0 aliphatic carbocycles. The standard InChI is InChI=1S/C23H21N5O5/c1-31-17-9-7-15(8-10-17)22-26-20(27-28-22)13-24-21(29)14-33-18-5-2-4-16(12-18)25-23(30)19-6-3-11-32-19/h2-12H,13-14H2,1H3,(H,24,29)(H,25,30)(H,26,27,28). The van der Waals surface area contributed by atoms with Gasteiger partial charge in [0, 0.05) is 17.3 Å². The number of hydrogen-bond donors (Lipinski definition) is 3. The van der Waals surface area contributed by atoms with Gasteiger partial charge in [-0.3, -0.25) is 14.7 Å². The molecule has 33 heavy (non-hydrogen) atoms. The van der Waals surface area contributed by atoms with Gasteiger partial charge in [-0.25, -0.2) is 4.98 Å². The number of aromatic amines is 1. The summed E-state index contributed by atoms with van der Waals surface area (Å²) < 4.78 is 15.7. The highest BCUT2D eigenvalue weighted by Gasteiger charge is 2.11. The van der Waals surface area contributed by atoms with Gasteiger partial charge in [0.2, 0.25) is 0 Å². The molecule has 0 bridgehead atoms. The van der Waals surface area contributed by atoms with Crippen molar-refractivity contribution in [3.63, 3.8) is 0 Å². The van der Waals surface area contributed by atoms with Gasteiger partial charge < -0.3 is 24.5 Å². The van der Waals surface area contributed by atoms with Crippen LogP contribution in [-0.4, -0.2) is 40.7 Å². The molecule has 4 aromatic rings. The van der Waals surface area contributed by atoms with Crippen molar-refractivity contribution in [2.45, 2.75) is 6.54 Å². The fourth-order valence-corrected chi connectivity index (χ4v) is 2.89.